The first-order valence-corrected chi connectivity index (χ1v) is 8.95. The summed E-state index contributed by atoms with van der Waals surface area (Å²) in [6.07, 6.45) is 2.50. The fraction of sp³-hybridized carbons (Fsp3) is 0.250. The molecule has 2 aromatic carbocycles. The maximum atomic E-state index is 11.4. The van der Waals surface area contributed by atoms with Gasteiger partial charge in [0.1, 0.15) is 11.5 Å². The van der Waals surface area contributed by atoms with Crippen LogP contribution in [0.4, 0.5) is 5.69 Å². The van der Waals surface area contributed by atoms with E-state index in [1.807, 2.05) is 6.92 Å². The first-order chi connectivity index (χ1) is 10.8. The number of nitro groups is 1. The van der Waals surface area contributed by atoms with E-state index in [0.29, 0.717) is 23.5 Å². The summed E-state index contributed by atoms with van der Waals surface area (Å²) in [5.74, 6) is 0.944. The van der Waals surface area contributed by atoms with E-state index in [1.165, 1.54) is 24.3 Å². The number of hydrogen-bond donors (Lipinski definition) is 0. The van der Waals surface area contributed by atoms with Gasteiger partial charge in [0.05, 0.1) is 9.82 Å². The molecule has 23 heavy (non-hydrogen) atoms. The highest BCUT2D eigenvalue weighted by Crippen LogP contribution is 2.29. The van der Waals surface area contributed by atoms with E-state index in [0.717, 1.165) is 12.7 Å². The third-order valence-corrected chi connectivity index (χ3v) is 4.38. The monoisotopic (exact) mass is 335 g/mol. The predicted octanol–water partition coefficient (Wildman–Crippen LogP) is 3.74. The highest BCUT2D eigenvalue weighted by molar-refractivity contribution is 7.90. The predicted molar refractivity (Wildman–Crippen MR) is 86.7 cm³/mol. The lowest BCUT2D eigenvalue weighted by Crippen LogP contribution is -1.97. The highest BCUT2D eigenvalue weighted by Gasteiger charge is 2.14. The topological polar surface area (TPSA) is 86.5 Å². The fourth-order valence-corrected chi connectivity index (χ4v) is 2.79. The van der Waals surface area contributed by atoms with Gasteiger partial charge in [0.2, 0.25) is 0 Å². The van der Waals surface area contributed by atoms with Crippen LogP contribution in [0.2, 0.25) is 0 Å². The molecule has 0 aromatic heterocycles. The molecule has 6 nitrogen and oxygen atoms in total. The molecule has 0 unspecified atom stereocenters. The van der Waals surface area contributed by atoms with Crippen LogP contribution in [0.1, 0.15) is 18.9 Å². The van der Waals surface area contributed by atoms with Crippen molar-refractivity contribution >= 4 is 15.5 Å². The van der Waals surface area contributed by atoms with Gasteiger partial charge in [-0.3, -0.25) is 10.1 Å². The van der Waals surface area contributed by atoms with Crippen LogP contribution >= 0.6 is 0 Å². The van der Waals surface area contributed by atoms with Gasteiger partial charge in [-0.1, -0.05) is 13.3 Å². The minimum absolute atomic E-state index is 0.0756. The summed E-state index contributed by atoms with van der Waals surface area (Å²) in [5.41, 5.74) is 0.689. The average molecular weight is 335 g/mol. The summed E-state index contributed by atoms with van der Waals surface area (Å²) in [6.45, 7) is 1.95. The second-order valence-corrected chi connectivity index (χ2v) is 7.16. The van der Waals surface area contributed by atoms with E-state index in [1.54, 1.807) is 18.2 Å². The highest BCUT2D eigenvalue weighted by atomic mass is 32.2. The Morgan fingerprint density at radius 2 is 1.70 bits per heavy atom. The molecule has 0 saturated heterocycles. The average Bonchev–Trinajstić information content (AvgIpc) is 2.47. The Morgan fingerprint density at radius 3 is 2.22 bits per heavy atom. The van der Waals surface area contributed by atoms with Crippen LogP contribution in [0.3, 0.4) is 0 Å². The molecule has 0 atom stereocenters. The molecule has 0 aliphatic rings. The molecule has 0 amide bonds. The maximum absolute atomic E-state index is 11.4. The molecule has 0 spiro atoms. The SMILES string of the molecule is CCCc1cc(Oc2ccc(S(C)(=O)=O)cc2)ccc1[N+](=O)[O-]. The van der Waals surface area contributed by atoms with Gasteiger partial charge in [0, 0.05) is 17.9 Å². The van der Waals surface area contributed by atoms with Crippen molar-refractivity contribution in [3.05, 3.63) is 58.1 Å². The normalized spacial score (nSPS) is 11.2. The van der Waals surface area contributed by atoms with Crippen molar-refractivity contribution in [2.75, 3.05) is 6.26 Å². The lowest BCUT2D eigenvalue weighted by Gasteiger charge is -2.08. The van der Waals surface area contributed by atoms with Crippen molar-refractivity contribution in [2.45, 2.75) is 24.7 Å². The molecular weight excluding hydrogens is 318 g/mol. The smallest absolute Gasteiger partial charge is 0.272 e. The molecule has 0 bridgehead atoms. The Labute approximate surface area is 134 Å². The molecule has 122 valence electrons. The van der Waals surface area contributed by atoms with Crippen molar-refractivity contribution in [3.63, 3.8) is 0 Å². The first-order valence-electron chi connectivity index (χ1n) is 7.06. The molecule has 7 heteroatoms. The lowest BCUT2D eigenvalue weighted by molar-refractivity contribution is -0.385. The van der Waals surface area contributed by atoms with Crippen molar-refractivity contribution in [1.82, 2.24) is 0 Å². The number of aryl methyl sites for hydroxylation is 1. The van der Waals surface area contributed by atoms with Gasteiger partial charge in [-0.15, -0.1) is 0 Å². The van der Waals surface area contributed by atoms with Gasteiger partial charge >= 0.3 is 0 Å². The summed E-state index contributed by atoms with van der Waals surface area (Å²) in [7, 11) is -3.25. The van der Waals surface area contributed by atoms with Gasteiger partial charge in [-0.05, 0) is 42.8 Å². The Hall–Kier alpha value is -2.41. The zero-order valence-corrected chi connectivity index (χ0v) is 13.7. The molecule has 0 heterocycles. The molecule has 0 N–H and O–H groups in total. The van der Waals surface area contributed by atoms with E-state index < -0.39 is 14.8 Å². The van der Waals surface area contributed by atoms with Crippen LogP contribution in [-0.2, 0) is 16.3 Å². The van der Waals surface area contributed by atoms with E-state index >= 15 is 0 Å². The number of hydrogen-bond acceptors (Lipinski definition) is 5. The van der Waals surface area contributed by atoms with Crippen molar-refractivity contribution in [1.29, 1.82) is 0 Å². The molecule has 2 aromatic rings. The van der Waals surface area contributed by atoms with Gasteiger partial charge in [-0.25, -0.2) is 8.42 Å². The van der Waals surface area contributed by atoms with E-state index in [2.05, 4.69) is 0 Å². The number of rotatable bonds is 6. The molecule has 2 rings (SSSR count). The second-order valence-electron chi connectivity index (χ2n) is 5.14. The third-order valence-electron chi connectivity index (χ3n) is 3.25. The van der Waals surface area contributed by atoms with Crippen molar-refractivity contribution in [3.8, 4) is 11.5 Å². The summed E-state index contributed by atoms with van der Waals surface area (Å²) < 4.78 is 28.5. The second kappa shape index (κ2) is 6.78. The summed E-state index contributed by atoms with van der Waals surface area (Å²) in [4.78, 5) is 10.8. The van der Waals surface area contributed by atoms with Crippen LogP contribution in [0.25, 0.3) is 0 Å². The molecule has 0 aliphatic carbocycles. The van der Waals surface area contributed by atoms with Crippen LogP contribution in [0.15, 0.2) is 47.4 Å². The summed E-state index contributed by atoms with van der Waals surface area (Å²) >= 11 is 0. The van der Waals surface area contributed by atoms with Crippen LogP contribution < -0.4 is 4.74 Å². The number of sulfone groups is 1. The van der Waals surface area contributed by atoms with Gasteiger partial charge in [-0.2, -0.15) is 0 Å². The number of benzene rings is 2. The summed E-state index contributed by atoms with van der Waals surface area (Å²) in [6, 6.07) is 10.6. The Balaban J connectivity index is 2.26. The Bertz CT molecular complexity index is 813. The maximum Gasteiger partial charge on any atom is 0.272 e. The summed E-state index contributed by atoms with van der Waals surface area (Å²) in [5, 5.41) is 11.0. The Morgan fingerprint density at radius 1 is 1.09 bits per heavy atom. The Kier molecular flexibility index (Phi) is 5.00. The standard InChI is InChI=1S/C16H17NO5S/c1-3-4-12-11-14(7-10-16(12)17(18)19)22-13-5-8-15(9-6-13)23(2,20)21/h5-11H,3-4H2,1-2H3. The van der Waals surface area contributed by atoms with Crippen molar-refractivity contribution < 1.29 is 18.1 Å². The lowest BCUT2D eigenvalue weighted by atomic mass is 10.1. The van der Waals surface area contributed by atoms with Gasteiger partial charge in [0.15, 0.2) is 9.84 Å². The molecule has 0 fully saturated rings. The van der Waals surface area contributed by atoms with Crippen LogP contribution in [0, 0.1) is 10.1 Å². The zero-order chi connectivity index (χ0) is 17.0. The fourth-order valence-electron chi connectivity index (χ4n) is 2.16. The van der Waals surface area contributed by atoms with E-state index in [-0.39, 0.29) is 10.6 Å². The minimum Gasteiger partial charge on any atom is -0.457 e. The first kappa shape index (κ1) is 17.0. The molecule has 0 radical (unpaired) electrons. The number of nitro benzene ring substituents is 1. The van der Waals surface area contributed by atoms with E-state index in [9.17, 15) is 18.5 Å². The van der Waals surface area contributed by atoms with Gasteiger partial charge < -0.3 is 4.74 Å². The molecule has 0 saturated carbocycles. The third kappa shape index (κ3) is 4.29. The minimum atomic E-state index is -3.25. The zero-order valence-electron chi connectivity index (χ0n) is 12.9. The van der Waals surface area contributed by atoms with Crippen LogP contribution in [-0.4, -0.2) is 19.6 Å². The van der Waals surface area contributed by atoms with Crippen molar-refractivity contribution in [2.24, 2.45) is 0 Å². The molecule has 0 aliphatic heterocycles. The largest absolute Gasteiger partial charge is 0.457 e. The number of nitrogens with zero attached hydrogens (tertiary/aromatic N) is 1. The van der Waals surface area contributed by atoms with Gasteiger partial charge in [0.25, 0.3) is 5.69 Å². The van der Waals surface area contributed by atoms with Crippen LogP contribution in [0.5, 0.6) is 11.5 Å². The van der Waals surface area contributed by atoms with E-state index in [4.69, 9.17) is 4.74 Å². The molecular formula is C16H17NO5S. The number of ether oxygens (including phenoxy) is 1. The quantitative estimate of drug-likeness (QED) is 0.593.